The number of carbonyl (C=O) groups excluding carboxylic acids is 3. The van der Waals surface area contributed by atoms with Gasteiger partial charge in [-0.2, -0.15) is 0 Å². The molecule has 0 saturated carbocycles. The minimum atomic E-state index is -1.44. The molecular weight excluding hydrogens is 458 g/mol. The Kier molecular flexibility index (Phi) is 7.49. The number of aromatic nitrogens is 1. The summed E-state index contributed by atoms with van der Waals surface area (Å²) in [5.74, 6) is -4.31. The predicted octanol–water partition coefficient (Wildman–Crippen LogP) is 4.92. The van der Waals surface area contributed by atoms with Crippen LogP contribution in [-0.4, -0.2) is 29.1 Å². The van der Waals surface area contributed by atoms with Crippen LogP contribution in [0.3, 0.4) is 0 Å². The van der Waals surface area contributed by atoms with Crippen LogP contribution in [0.5, 0.6) is 0 Å². The van der Waals surface area contributed by atoms with Crippen LogP contribution in [0.25, 0.3) is 11.1 Å². The largest absolute Gasteiger partial charge is 0.465 e. The molecule has 0 fully saturated rings. The van der Waals surface area contributed by atoms with E-state index in [1.165, 1.54) is 0 Å². The van der Waals surface area contributed by atoms with E-state index in [0.29, 0.717) is 16.6 Å². The molecule has 4 rings (SSSR count). The van der Waals surface area contributed by atoms with Gasteiger partial charge in [-0.05, 0) is 31.5 Å². The molecule has 0 spiro atoms. The predicted molar refractivity (Wildman–Crippen MR) is 134 cm³/mol. The molecular formula is C29H25NO6. The van der Waals surface area contributed by atoms with Crippen molar-refractivity contribution in [2.75, 3.05) is 6.61 Å². The van der Waals surface area contributed by atoms with Crippen molar-refractivity contribution in [3.8, 4) is 0 Å². The molecule has 4 aromatic rings. The first-order chi connectivity index (χ1) is 17.4. The van der Waals surface area contributed by atoms with Crippen molar-refractivity contribution in [3.63, 3.8) is 0 Å². The number of rotatable bonds is 9. The Morgan fingerprint density at radius 1 is 0.917 bits per heavy atom. The second-order valence-electron chi connectivity index (χ2n) is 8.42. The van der Waals surface area contributed by atoms with Crippen molar-refractivity contribution in [3.05, 3.63) is 112 Å². The zero-order valence-corrected chi connectivity index (χ0v) is 20.0. The first-order valence-corrected chi connectivity index (χ1v) is 11.6. The van der Waals surface area contributed by atoms with Crippen LogP contribution < -0.4 is 5.63 Å². The van der Waals surface area contributed by atoms with Gasteiger partial charge in [0, 0.05) is 23.5 Å². The van der Waals surface area contributed by atoms with E-state index >= 15 is 0 Å². The number of hydrogen-bond acceptors (Lipinski definition) is 7. The highest BCUT2D eigenvalue weighted by Gasteiger charge is 2.41. The van der Waals surface area contributed by atoms with Crippen LogP contribution in [0.4, 0.5) is 0 Å². The zero-order chi connectivity index (χ0) is 25.7. The lowest BCUT2D eigenvalue weighted by atomic mass is 9.79. The van der Waals surface area contributed by atoms with Crippen molar-refractivity contribution in [1.82, 2.24) is 4.98 Å². The minimum absolute atomic E-state index is 0.0201. The van der Waals surface area contributed by atoms with Gasteiger partial charge >= 0.3 is 11.6 Å². The summed E-state index contributed by atoms with van der Waals surface area (Å²) >= 11 is 0. The SMILES string of the molecule is CCOC(=O)C(c1nc2cc(C)ccc2oc1=O)C(CC(=O)c1ccccc1)C(=O)c1ccccc1. The molecule has 3 aromatic carbocycles. The third kappa shape index (κ3) is 5.30. The number of Topliss-reactive ketones (excluding diaryl/α,β-unsaturated/α-hetero) is 2. The molecule has 0 aliphatic carbocycles. The third-order valence-electron chi connectivity index (χ3n) is 5.90. The number of carbonyl (C=O) groups is 3. The van der Waals surface area contributed by atoms with Gasteiger partial charge in [-0.3, -0.25) is 14.4 Å². The van der Waals surface area contributed by atoms with Gasteiger partial charge in [0.2, 0.25) is 0 Å². The zero-order valence-electron chi connectivity index (χ0n) is 20.0. The Balaban J connectivity index is 1.88. The second kappa shape index (κ2) is 10.9. The second-order valence-corrected chi connectivity index (χ2v) is 8.42. The number of benzene rings is 3. The normalized spacial score (nSPS) is 12.6. The summed E-state index contributed by atoms with van der Waals surface area (Å²) in [7, 11) is 0. The van der Waals surface area contributed by atoms with E-state index in [9.17, 15) is 19.2 Å². The molecule has 0 aliphatic rings. The number of esters is 1. The van der Waals surface area contributed by atoms with Crippen LogP contribution >= 0.6 is 0 Å². The molecule has 0 saturated heterocycles. The Bertz CT molecular complexity index is 1460. The van der Waals surface area contributed by atoms with Crippen molar-refractivity contribution >= 4 is 28.6 Å². The van der Waals surface area contributed by atoms with Gasteiger partial charge in [-0.25, -0.2) is 9.78 Å². The van der Waals surface area contributed by atoms with Gasteiger partial charge in [0.15, 0.2) is 17.1 Å². The van der Waals surface area contributed by atoms with Crippen molar-refractivity contribution < 1.29 is 23.5 Å². The smallest absolute Gasteiger partial charge is 0.359 e. The van der Waals surface area contributed by atoms with E-state index in [0.717, 1.165) is 5.56 Å². The van der Waals surface area contributed by atoms with Crippen molar-refractivity contribution in [2.45, 2.75) is 26.2 Å². The molecule has 7 nitrogen and oxygen atoms in total. The molecule has 0 bridgehead atoms. The highest BCUT2D eigenvalue weighted by atomic mass is 16.5. The standard InChI is InChI=1S/C29H25NO6/c1-3-35-28(33)25(26-29(34)36-24-15-14-18(2)16-22(24)30-26)21(27(32)20-12-8-5-9-13-20)17-23(31)19-10-6-4-7-11-19/h4-16,21,25H,3,17H2,1-2H3. The maximum absolute atomic E-state index is 13.7. The van der Waals surface area contributed by atoms with Crippen LogP contribution in [0.1, 0.15) is 51.2 Å². The Labute approximate surface area is 207 Å². The Morgan fingerprint density at radius 3 is 2.19 bits per heavy atom. The van der Waals surface area contributed by atoms with Gasteiger partial charge in [0.1, 0.15) is 17.1 Å². The van der Waals surface area contributed by atoms with E-state index in [4.69, 9.17) is 9.15 Å². The molecule has 2 unspecified atom stereocenters. The molecule has 0 N–H and O–H groups in total. The first-order valence-electron chi connectivity index (χ1n) is 11.6. The monoisotopic (exact) mass is 483 g/mol. The van der Waals surface area contributed by atoms with Crippen LogP contribution in [0.2, 0.25) is 0 Å². The molecule has 7 heteroatoms. The molecule has 1 aromatic heterocycles. The topological polar surface area (TPSA) is 104 Å². The summed E-state index contributed by atoms with van der Waals surface area (Å²) < 4.78 is 10.7. The van der Waals surface area contributed by atoms with E-state index in [-0.39, 0.29) is 30.1 Å². The van der Waals surface area contributed by atoms with Gasteiger partial charge < -0.3 is 9.15 Å². The lowest BCUT2D eigenvalue weighted by molar-refractivity contribution is -0.146. The van der Waals surface area contributed by atoms with E-state index in [2.05, 4.69) is 4.98 Å². The number of ether oxygens (including phenoxy) is 1. The average Bonchev–Trinajstić information content (AvgIpc) is 2.89. The molecule has 0 radical (unpaired) electrons. The fourth-order valence-electron chi connectivity index (χ4n) is 4.14. The fraction of sp³-hybridized carbons (Fsp3) is 0.207. The number of fused-ring (bicyclic) bond motifs is 1. The summed E-state index contributed by atoms with van der Waals surface area (Å²) in [5, 5.41) is 0. The van der Waals surface area contributed by atoms with Crippen molar-refractivity contribution in [2.24, 2.45) is 5.92 Å². The lowest BCUT2D eigenvalue weighted by Crippen LogP contribution is -2.35. The van der Waals surface area contributed by atoms with Gasteiger partial charge in [-0.15, -0.1) is 0 Å². The fourth-order valence-corrected chi connectivity index (χ4v) is 4.14. The van der Waals surface area contributed by atoms with Crippen LogP contribution in [-0.2, 0) is 9.53 Å². The highest BCUT2D eigenvalue weighted by molar-refractivity contribution is 6.06. The maximum atomic E-state index is 13.7. The summed E-state index contributed by atoms with van der Waals surface area (Å²) in [6.07, 6.45) is -0.325. The summed E-state index contributed by atoms with van der Waals surface area (Å²) in [5.41, 5.74) is 1.06. The minimum Gasteiger partial charge on any atom is -0.465 e. The van der Waals surface area contributed by atoms with Gasteiger partial charge in [0.05, 0.1) is 6.61 Å². The molecule has 1 heterocycles. The molecule has 2 atom stereocenters. The maximum Gasteiger partial charge on any atom is 0.359 e. The number of hydrogen-bond donors (Lipinski definition) is 0. The van der Waals surface area contributed by atoms with Gasteiger partial charge in [-0.1, -0.05) is 66.7 Å². The number of nitrogens with zero attached hydrogens (tertiary/aromatic N) is 1. The summed E-state index contributed by atoms with van der Waals surface area (Å²) in [6.45, 7) is 3.50. The first kappa shape index (κ1) is 24.7. The van der Waals surface area contributed by atoms with Gasteiger partial charge in [0.25, 0.3) is 0 Å². The quantitative estimate of drug-likeness (QED) is 0.246. The summed E-state index contributed by atoms with van der Waals surface area (Å²) in [4.78, 5) is 57.8. The van der Waals surface area contributed by atoms with Crippen molar-refractivity contribution in [1.29, 1.82) is 0 Å². The molecule has 36 heavy (non-hydrogen) atoms. The highest BCUT2D eigenvalue weighted by Crippen LogP contribution is 2.31. The van der Waals surface area contributed by atoms with E-state index in [1.54, 1.807) is 85.8 Å². The molecule has 0 aliphatic heterocycles. The number of aryl methyl sites for hydroxylation is 1. The Hall–Kier alpha value is -4.39. The third-order valence-corrected chi connectivity index (χ3v) is 5.90. The molecule has 182 valence electrons. The Morgan fingerprint density at radius 2 is 1.56 bits per heavy atom. The summed E-state index contributed by atoms with van der Waals surface area (Å²) in [6, 6.07) is 21.9. The van der Waals surface area contributed by atoms with E-state index in [1.807, 2.05) is 6.92 Å². The number of ketones is 2. The van der Waals surface area contributed by atoms with E-state index < -0.39 is 29.2 Å². The molecule has 0 amide bonds. The van der Waals surface area contributed by atoms with Crippen LogP contribution in [0, 0.1) is 12.8 Å². The van der Waals surface area contributed by atoms with Crippen LogP contribution in [0.15, 0.2) is 88.1 Å². The average molecular weight is 484 g/mol. The lowest BCUT2D eigenvalue weighted by Gasteiger charge is -2.23.